The van der Waals surface area contributed by atoms with Crippen LogP contribution in [0.3, 0.4) is 0 Å². The van der Waals surface area contributed by atoms with Gasteiger partial charge < -0.3 is 4.74 Å². The van der Waals surface area contributed by atoms with E-state index in [1.807, 2.05) is 0 Å². The van der Waals surface area contributed by atoms with Gasteiger partial charge in [0.05, 0.1) is 16.0 Å². The van der Waals surface area contributed by atoms with E-state index < -0.39 is 4.92 Å². The Kier molecular flexibility index (Phi) is 4.24. The maximum absolute atomic E-state index is 10.7. The molecule has 5 nitrogen and oxygen atoms in total. The Hall–Kier alpha value is -1.37. The Morgan fingerprint density at radius 3 is 2.63 bits per heavy atom. The molecule has 0 aliphatic carbocycles. The molecule has 0 radical (unpaired) electrons. The van der Waals surface area contributed by atoms with Crippen molar-refractivity contribution >= 4 is 44.8 Å². The van der Waals surface area contributed by atoms with E-state index >= 15 is 0 Å². The van der Waals surface area contributed by atoms with Crippen LogP contribution in [-0.4, -0.2) is 9.91 Å². The number of rotatable bonds is 3. The van der Waals surface area contributed by atoms with Crippen molar-refractivity contribution in [3.05, 3.63) is 55.1 Å². The second kappa shape index (κ2) is 5.73. The molecule has 8 heteroatoms. The molecule has 0 fully saturated rings. The lowest BCUT2D eigenvalue weighted by Crippen LogP contribution is -1.92. The molecule has 0 N–H and O–H groups in total. The summed E-state index contributed by atoms with van der Waals surface area (Å²) < 4.78 is 6.08. The van der Waals surface area contributed by atoms with Crippen molar-refractivity contribution in [1.29, 1.82) is 0 Å². The average molecular weight is 364 g/mol. The van der Waals surface area contributed by atoms with E-state index in [0.717, 1.165) is 0 Å². The lowest BCUT2D eigenvalue weighted by molar-refractivity contribution is -0.384. The number of nitro benzene ring substituents is 1. The first kappa shape index (κ1) is 14.0. The quantitative estimate of drug-likeness (QED) is 0.577. The Balaban J connectivity index is 2.37. The number of halogens is 3. The van der Waals surface area contributed by atoms with Gasteiger partial charge in [-0.2, -0.15) is 0 Å². The van der Waals surface area contributed by atoms with Crippen molar-refractivity contribution in [2.45, 2.75) is 0 Å². The van der Waals surface area contributed by atoms with E-state index in [-0.39, 0.29) is 27.4 Å². The molecule has 1 aromatic carbocycles. The number of nitro groups is 1. The van der Waals surface area contributed by atoms with Crippen LogP contribution in [0.15, 0.2) is 34.9 Å². The van der Waals surface area contributed by atoms with Crippen LogP contribution in [0.5, 0.6) is 11.6 Å². The molecule has 19 heavy (non-hydrogen) atoms. The first-order valence-electron chi connectivity index (χ1n) is 4.90. The normalized spacial score (nSPS) is 10.3. The number of non-ortho nitro benzene ring substituents is 1. The molecule has 1 heterocycles. The smallest absolute Gasteiger partial charge is 0.273 e. The summed E-state index contributed by atoms with van der Waals surface area (Å²) in [6.07, 6.45) is 1.49. The Morgan fingerprint density at radius 1 is 1.26 bits per heavy atom. The Bertz CT molecular complexity index is 652. The summed E-state index contributed by atoms with van der Waals surface area (Å²) in [7, 11) is 0. The van der Waals surface area contributed by atoms with Gasteiger partial charge in [0.1, 0.15) is 5.02 Å². The molecule has 0 spiro atoms. The van der Waals surface area contributed by atoms with Gasteiger partial charge >= 0.3 is 0 Å². The van der Waals surface area contributed by atoms with Crippen LogP contribution < -0.4 is 4.74 Å². The number of nitrogens with zero attached hydrogens (tertiary/aromatic N) is 2. The number of hydrogen-bond acceptors (Lipinski definition) is 4. The molecule has 0 bridgehead atoms. The maximum Gasteiger partial charge on any atom is 0.273 e. The van der Waals surface area contributed by atoms with E-state index in [2.05, 4.69) is 20.9 Å². The van der Waals surface area contributed by atoms with Crippen LogP contribution >= 0.6 is 39.1 Å². The zero-order valence-corrected chi connectivity index (χ0v) is 12.2. The van der Waals surface area contributed by atoms with E-state index in [1.54, 1.807) is 6.07 Å². The average Bonchev–Trinajstić information content (AvgIpc) is 2.34. The summed E-state index contributed by atoms with van der Waals surface area (Å²) in [4.78, 5) is 14.1. The molecule has 0 saturated heterocycles. The minimum absolute atomic E-state index is 0.118. The summed E-state index contributed by atoms with van der Waals surface area (Å²) in [6.45, 7) is 0. The van der Waals surface area contributed by atoms with Crippen molar-refractivity contribution in [3.8, 4) is 11.6 Å². The van der Waals surface area contributed by atoms with Gasteiger partial charge in [0.15, 0.2) is 5.75 Å². The van der Waals surface area contributed by atoms with Crippen molar-refractivity contribution in [2.75, 3.05) is 0 Å². The van der Waals surface area contributed by atoms with E-state index in [1.165, 1.54) is 24.4 Å². The SMILES string of the molecule is O=[N+]([O-])c1ccc(Cl)c(Oc2ncc(Br)cc2Cl)c1. The fourth-order valence-electron chi connectivity index (χ4n) is 1.27. The van der Waals surface area contributed by atoms with Crippen LogP contribution in [0.1, 0.15) is 0 Å². The van der Waals surface area contributed by atoms with Gasteiger partial charge in [-0.15, -0.1) is 0 Å². The van der Waals surface area contributed by atoms with Crippen molar-refractivity contribution in [1.82, 2.24) is 4.98 Å². The molecule has 0 unspecified atom stereocenters. The number of aromatic nitrogens is 1. The molecule has 1 aromatic heterocycles. The topological polar surface area (TPSA) is 65.3 Å². The number of ether oxygens (including phenoxy) is 1. The molecule has 2 rings (SSSR count). The highest BCUT2D eigenvalue weighted by molar-refractivity contribution is 9.10. The molecule has 98 valence electrons. The lowest BCUT2D eigenvalue weighted by Gasteiger charge is -2.07. The Morgan fingerprint density at radius 2 is 2.00 bits per heavy atom. The van der Waals surface area contributed by atoms with E-state index in [0.29, 0.717) is 4.47 Å². The van der Waals surface area contributed by atoms with Crippen LogP contribution in [0.25, 0.3) is 0 Å². The first-order chi connectivity index (χ1) is 8.97. The zero-order valence-electron chi connectivity index (χ0n) is 9.14. The third-order valence-electron chi connectivity index (χ3n) is 2.11. The predicted octanol–water partition coefficient (Wildman–Crippen LogP) is 4.85. The number of pyridine rings is 1. The van der Waals surface area contributed by atoms with E-state index in [9.17, 15) is 10.1 Å². The van der Waals surface area contributed by atoms with Gasteiger partial charge in [-0.1, -0.05) is 23.2 Å². The minimum Gasteiger partial charge on any atom is -0.436 e. The first-order valence-corrected chi connectivity index (χ1v) is 6.45. The maximum atomic E-state index is 10.7. The van der Waals surface area contributed by atoms with Crippen molar-refractivity contribution in [2.24, 2.45) is 0 Å². The van der Waals surface area contributed by atoms with E-state index in [4.69, 9.17) is 27.9 Å². The van der Waals surface area contributed by atoms with Crippen LogP contribution in [0, 0.1) is 10.1 Å². The summed E-state index contributed by atoms with van der Waals surface area (Å²) in [5.41, 5.74) is -0.132. The summed E-state index contributed by atoms with van der Waals surface area (Å²) in [6, 6.07) is 5.46. The summed E-state index contributed by atoms with van der Waals surface area (Å²) in [5, 5.41) is 11.2. The lowest BCUT2D eigenvalue weighted by atomic mass is 10.3. The van der Waals surface area contributed by atoms with Crippen molar-refractivity contribution < 1.29 is 9.66 Å². The van der Waals surface area contributed by atoms with Crippen molar-refractivity contribution in [3.63, 3.8) is 0 Å². The molecule has 0 amide bonds. The standard InChI is InChI=1S/C11H5BrCl2N2O3/c12-6-3-9(14)11(15-5-6)19-10-4-7(16(17)18)1-2-8(10)13/h1-5H. The second-order valence-corrected chi connectivity index (χ2v) is 5.14. The molecule has 0 saturated carbocycles. The fraction of sp³-hybridized carbons (Fsp3) is 0. The number of hydrogen-bond donors (Lipinski definition) is 0. The third kappa shape index (κ3) is 3.34. The summed E-state index contributed by atoms with van der Waals surface area (Å²) >= 11 is 15.1. The molecular weight excluding hydrogens is 359 g/mol. The van der Waals surface area contributed by atoms with Gasteiger partial charge in [0, 0.05) is 16.7 Å². The third-order valence-corrected chi connectivity index (χ3v) is 3.12. The van der Waals surface area contributed by atoms with Gasteiger partial charge in [0.25, 0.3) is 5.69 Å². The highest BCUT2D eigenvalue weighted by Gasteiger charge is 2.13. The van der Waals surface area contributed by atoms with Gasteiger partial charge in [-0.3, -0.25) is 10.1 Å². The molecule has 2 aromatic rings. The fourth-order valence-corrected chi connectivity index (χ4v) is 2.09. The Labute approximate surface area is 126 Å². The summed E-state index contributed by atoms with van der Waals surface area (Å²) in [5.74, 6) is 0.236. The predicted molar refractivity (Wildman–Crippen MR) is 75.1 cm³/mol. The molecule has 0 aliphatic heterocycles. The second-order valence-electron chi connectivity index (χ2n) is 3.41. The zero-order chi connectivity index (χ0) is 14.0. The van der Waals surface area contributed by atoms with Gasteiger partial charge in [-0.25, -0.2) is 4.98 Å². The van der Waals surface area contributed by atoms with Crippen LogP contribution in [0.4, 0.5) is 5.69 Å². The molecule has 0 aliphatic rings. The molecular formula is C11H5BrCl2N2O3. The highest BCUT2D eigenvalue weighted by atomic mass is 79.9. The largest absolute Gasteiger partial charge is 0.436 e. The van der Waals surface area contributed by atoms with Crippen LogP contribution in [-0.2, 0) is 0 Å². The van der Waals surface area contributed by atoms with Gasteiger partial charge in [0.2, 0.25) is 5.88 Å². The van der Waals surface area contributed by atoms with Gasteiger partial charge in [-0.05, 0) is 28.1 Å². The minimum atomic E-state index is -0.542. The monoisotopic (exact) mass is 362 g/mol. The van der Waals surface area contributed by atoms with Crippen LogP contribution in [0.2, 0.25) is 10.0 Å². The highest BCUT2D eigenvalue weighted by Crippen LogP contribution is 2.35. The number of benzene rings is 1. The molecule has 0 atom stereocenters.